The number of nitrogens with zero attached hydrogens (tertiary/aromatic N) is 2. The van der Waals surface area contributed by atoms with Gasteiger partial charge in [0.25, 0.3) is 0 Å². The highest BCUT2D eigenvalue weighted by Gasteiger charge is 2.08. The lowest BCUT2D eigenvalue weighted by molar-refractivity contribution is 0.272. The minimum absolute atomic E-state index is 0.872. The summed E-state index contributed by atoms with van der Waals surface area (Å²) in [5.74, 6) is 1.08. The van der Waals surface area contributed by atoms with Crippen LogP contribution in [0.25, 0.3) is 0 Å². The van der Waals surface area contributed by atoms with Gasteiger partial charge in [-0.3, -0.25) is 4.90 Å². The van der Waals surface area contributed by atoms with Crippen molar-refractivity contribution >= 4 is 0 Å². The Morgan fingerprint density at radius 2 is 2.00 bits per heavy atom. The van der Waals surface area contributed by atoms with Gasteiger partial charge in [-0.1, -0.05) is 0 Å². The number of rotatable bonds is 8. The van der Waals surface area contributed by atoms with Crippen molar-refractivity contribution in [3.05, 3.63) is 23.7 Å². The van der Waals surface area contributed by atoms with Crippen LogP contribution in [0.2, 0.25) is 0 Å². The van der Waals surface area contributed by atoms with E-state index in [4.69, 9.17) is 4.42 Å². The van der Waals surface area contributed by atoms with Crippen molar-refractivity contribution < 1.29 is 4.42 Å². The fraction of sp³-hybridized carbons (Fsp3) is 0.692. The zero-order valence-electron chi connectivity index (χ0n) is 11.5. The van der Waals surface area contributed by atoms with Crippen LogP contribution in [0.5, 0.6) is 0 Å². The Morgan fingerprint density at radius 3 is 2.65 bits per heavy atom. The smallest absolute Gasteiger partial charge is 0.122 e. The highest BCUT2D eigenvalue weighted by Crippen LogP contribution is 2.12. The molecule has 1 N–H and O–H groups in total. The maximum absolute atomic E-state index is 5.52. The molecule has 4 heteroatoms. The van der Waals surface area contributed by atoms with E-state index >= 15 is 0 Å². The topological polar surface area (TPSA) is 31.7 Å². The van der Waals surface area contributed by atoms with Crippen molar-refractivity contribution in [1.29, 1.82) is 0 Å². The molecule has 0 bridgehead atoms. The molecule has 0 amide bonds. The van der Waals surface area contributed by atoms with Gasteiger partial charge >= 0.3 is 0 Å². The molecule has 1 rings (SSSR count). The first-order valence-electron chi connectivity index (χ1n) is 6.16. The summed E-state index contributed by atoms with van der Waals surface area (Å²) >= 11 is 0. The fourth-order valence-electron chi connectivity index (χ4n) is 1.83. The molecule has 0 spiro atoms. The van der Waals surface area contributed by atoms with Gasteiger partial charge in [0.05, 0.1) is 12.8 Å². The molecule has 1 heterocycles. The molecule has 0 aliphatic carbocycles. The second-order valence-corrected chi connectivity index (χ2v) is 4.79. The molecule has 0 saturated heterocycles. The number of hydrogen-bond acceptors (Lipinski definition) is 4. The van der Waals surface area contributed by atoms with E-state index in [1.807, 2.05) is 13.1 Å². The first kappa shape index (κ1) is 14.2. The minimum atomic E-state index is 0.872. The number of furan rings is 1. The van der Waals surface area contributed by atoms with Crippen molar-refractivity contribution in [3.63, 3.8) is 0 Å². The lowest BCUT2D eigenvalue weighted by Crippen LogP contribution is -2.23. The second-order valence-electron chi connectivity index (χ2n) is 4.79. The third-order valence-electron chi connectivity index (χ3n) is 2.76. The molecular formula is C13H25N3O. The van der Waals surface area contributed by atoms with Crippen LogP contribution in [0, 0.1) is 0 Å². The Hall–Kier alpha value is -0.840. The second kappa shape index (κ2) is 7.48. The van der Waals surface area contributed by atoms with Crippen LogP contribution in [0.1, 0.15) is 17.7 Å². The summed E-state index contributed by atoms with van der Waals surface area (Å²) < 4.78 is 5.52. The zero-order valence-corrected chi connectivity index (χ0v) is 11.5. The first-order chi connectivity index (χ1) is 8.13. The third-order valence-corrected chi connectivity index (χ3v) is 2.76. The molecule has 1 aromatic rings. The Bertz CT molecular complexity index is 309. The molecule has 0 saturated carbocycles. The molecule has 0 aliphatic heterocycles. The average molecular weight is 239 g/mol. The lowest BCUT2D eigenvalue weighted by atomic mass is 10.2. The predicted molar refractivity (Wildman–Crippen MR) is 71.0 cm³/mol. The molecule has 0 radical (unpaired) electrons. The monoisotopic (exact) mass is 239 g/mol. The van der Waals surface area contributed by atoms with Crippen molar-refractivity contribution in [1.82, 2.24) is 15.1 Å². The van der Waals surface area contributed by atoms with Gasteiger partial charge in [0.15, 0.2) is 0 Å². The van der Waals surface area contributed by atoms with E-state index in [-0.39, 0.29) is 0 Å². The summed E-state index contributed by atoms with van der Waals surface area (Å²) in [6.07, 6.45) is 2.96. The number of hydrogen-bond donors (Lipinski definition) is 1. The molecule has 98 valence electrons. The highest BCUT2D eigenvalue weighted by molar-refractivity contribution is 5.16. The molecule has 0 fully saturated rings. The van der Waals surface area contributed by atoms with E-state index in [1.54, 1.807) is 6.26 Å². The molecule has 0 aliphatic rings. The van der Waals surface area contributed by atoms with Crippen LogP contribution in [0.15, 0.2) is 16.7 Å². The van der Waals surface area contributed by atoms with E-state index in [2.05, 4.69) is 36.3 Å². The molecule has 0 aromatic carbocycles. The molecule has 0 unspecified atom stereocenters. The van der Waals surface area contributed by atoms with Gasteiger partial charge in [-0.15, -0.1) is 0 Å². The maximum Gasteiger partial charge on any atom is 0.122 e. The standard InChI is InChI=1S/C13H25N3O/c1-14-10-12-6-9-17-13(12)11-16(4)8-5-7-15(2)3/h6,9,14H,5,7-8,10-11H2,1-4H3. The van der Waals surface area contributed by atoms with Gasteiger partial charge in [0, 0.05) is 12.1 Å². The van der Waals surface area contributed by atoms with Crippen molar-refractivity contribution in [2.75, 3.05) is 41.3 Å². The lowest BCUT2D eigenvalue weighted by Gasteiger charge is -2.17. The number of nitrogens with one attached hydrogen (secondary N) is 1. The average Bonchev–Trinajstić information content (AvgIpc) is 2.66. The van der Waals surface area contributed by atoms with E-state index in [0.717, 1.165) is 31.9 Å². The SMILES string of the molecule is CNCc1ccoc1CN(C)CCCN(C)C. The van der Waals surface area contributed by atoms with Gasteiger partial charge in [0.2, 0.25) is 0 Å². The van der Waals surface area contributed by atoms with E-state index < -0.39 is 0 Å². The first-order valence-corrected chi connectivity index (χ1v) is 6.16. The summed E-state index contributed by atoms with van der Waals surface area (Å²) in [4.78, 5) is 4.52. The van der Waals surface area contributed by atoms with Crippen LogP contribution < -0.4 is 5.32 Å². The minimum Gasteiger partial charge on any atom is -0.468 e. The predicted octanol–water partition coefficient (Wildman–Crippen LogP) is 1.38. The normalized spacial score (nSPS) is 11.6. The Labute approximate surface area is 105 Å². The van der Waals surface area contributed by atoms with Gasteiger partial charge < -0.3 is 14.6 Å². The molecular weight excluding hydrogens is 214 g/mol. The third kappa shape index (κ3) is 5.35. The summed E-state index contributed by atoms with van der Waals surface area (Å²) in [6.45, 7) is 3.98. The quantitative estimate of drug-likeness (QED) is 0.743. The van der Waals surface area contributed by atoms with Gasteiger partial charge in [-0.2, -0.15) is 0 Å². The van der Waals surface area contributed by atoms with Crippen LogP contribution in [0.3, 0.4) is 0 Å². The highest BCUT2D eigenvalue weighted by atomic mass is 16.3. The summed E-state index contributed by atoms with van der Waals surface area (Å²) in [6, 6.07) is 2.04. The van der Waals surface area contributed by atoms with Gasteiger partial charge in [-0.05, 0) is 53.8 Å². The van der Waals surface area contributed by atoms with Crippen molar-refractivity contribution in [3.8, 4) is 0 Å². The largest absolute Gasteiger partial charge is 0.468 e. The fourth-order valence-corrected chi connectivity index (χ4v) is 1.83. The maximum atomic E-state index is 5.52. The Kier molecular flexibility index (Phi) is 6.26. The van der Waals surface area contributed by atoms with Crippen molar-refractivity contribution in [2.24, 2.45) is 0 Å². The van der Waals surface area contributed by atoms with Crippen LogP contribution in [0.4, 0.5) is 0 Å². The zero-order chi connectivity index (χ0) is 12.7. The van der Waals surface area contributed by atoms with E-state index in [9.17, 15) is 0 Å². The molecule has 1 aromatic heterocycles. The summed E-state index contributed by atoms with van der Waals surface area (Å²) in [7, 11) is 8.31. The molecule has 17 heavy (non-hydrogen) atoms. The van der Waals surface area contributed by atoms with Crippen molar-refractivity contribution in [2.45, 2.75) is 19.5 Å². The summed E-state index contributed by atoms with van der Waals surface area (Å²) in [5.41, 5.74) is 1.26. The van der Waals surface area contributed by atoms with Crippen LogP contribution >= 0.6 is 0 Å². The molecule has 4 nitrogen and oxygen atoms in total. The molecule has 0 atom stereocenters. The van der Waals surface area contributed by atoms with Gasteiger partial charge in [0.1, 0.15) is 5.76 Å². The van der Waals surface area contributed by atoms with Gasteiger partial charge in [-0.25, -0.2) is 0 Å². The summed E-state index contributed by atoms with van der Waals surface area (Å²) in [5, 5.41) is 3.16. The van der Waals surface area contributed by atoms with E-state index in [0.29, 0.717) is 0 Å². The van der Waals surface area contributed by atoms with Crippen LogP contribution in [-0.4, -0.2) is 51.1 Å². The van der Waals surface area contributed by atoms with Crippen LogP contribution in [-0.2, 0) is 13.1 Å². The van der Waals surface area contributed by atoms with E-state index in [1.165, 1.54) is 12.0 Å². The Balaban J connectivity index is 2.34. The Morgan fingerprint density at radius 1 is 1.24 bits per heavy atom.